The summed E-state index contributed by atoms with van der Waals surface area (Å²) in [5, 5.41) is 2.57. The molecule has 14 nitrogen and oxygen atoms in total. The third-order valence-electron chi connectivity index (χ3n) is 2.71. The zero-order valence-corrected chi connectivity index (χ0v) is 13.5. The summed E-state index contributed by atoms with van der Waals surface area (Å²) < 4.78 is 31.2. The molecule has 1 aromatic carbocycles. The molecule has 0 bridgehead atoms. The molecule has 0 radical (unpaired) electrons. The number of nitrogens with one attached hydrogen (secondary N) is 4. The number of primary amides is 1. The highest BCUT2D eigenvalue weighted by Gasteiger charge is 2.14. The Morgan fingerprint density at radius 2 is 1.92 bits per heavy atom. The smallest absolute Gasteiger partial charge is 0.351 e. The molecule has 0 aliphatic heterocycles. The Kier molecular flexibility index (Phi) is 5.03. The third-order valence-corrected chi connectivity index (χ3v) is 3.64. The van der Waals surface area contributed by atoms with Crippen molar-refractivity contribution in [3.63, 3.8) is 0 Å². The molecule has 9 N–H and O–H groups in total. The zero-order chi connectivity index (χ0) is 19.5. The lowest BCUT2D eigenvalue weighted by Crippen LogP contribution is -2.40. The van der Waals surface area contributed by atoms with Crippen LogP contribution in [0.3, 0.4) is 0 Å². The average Bonchev–Trinajstić information content (AvgIpc) is 2.50. The molecule has 0 aliphatic rings. The minimum absolute atomic E-state index is 0.202. The second kappa shape index (κ2) is 7.03. The van der Waals surface area contributed by atoms with Crippen LogP contribution in [0.25, 0.3) is 0 Å². The van der Waals surface area contributed by atoms with Crippen LogP contribution < -0.4 is 33.3 Å². The largest absolute Gasteiger partial charge is 0.398 e. The summed E-state index contributed by atoms with van der Waals surface area (Å²) >= 11 is 0. The number of hydrogen-bond donors (Lipinski definition) is 7. The van der Waals surface area contributed by atoms with Gasteiger partial charge in [-0.25, -0.2) is 4.79 Å². The molecule has 0 atom stereocenters. The van der Waals surface area contributed by atoms with E-state index >= 15 is 0 Å². The van der Waals surface area contributed by atoms with E-state index in [1.54, 1.807) is 0 Å². The SMILES string of the molecule is NC(=O)C(=O)NNc1nc(Nc2ccc(S(=O)(=O)O)c(N)c2)nc(=O)[nH]1. The maximum Gasteiger partial charge on any atom is 0.351 e. The van der Waals surface area contributed by atoms with Crippen molar-refractivity contribution < 1.29 is 22.6 Å². The van der Waals surface area contributed by atoms with Gasteiger partial charge < -0.3 is 16.8 Å². The minimum atomic E-state index is -4.49. The number of hydrogen-bond acceptors (Lipinski definition) is 10. The summed E-state index contributed by atoms with van der Waals surface area (Å²) in [5.74, 6) is -2.96. The van der Waals surface area contributed by atoms with Gasteiger partial charge in [-0.2, -0.15) is 18.4 Å². The van der Waals surface area contributed by atoms with Crippen molar-refractivity contribution in [1.29, 1.82) is 0 Å². The molecule has 0 saturated heterocycles. The van der Waals surface area contributed by atoms with Gasteiger partial charge >= 0.3 is 17.5 Å². The molecule has 0 spiro atoms. The molecule has 0 unspecified atom stereocenters. The first-order valence-corrected chi connectivity index (χ1v) is 7.98. The Labute approximate surface area is 144 Å². The lowest BCUT2D eigenvalue weighted by molar-refractivity contribution is -0.137. The number of hydrazine groups is 1. The number of carbonyl (C=O) groups excluding carboxylic acids is 2. The fourth-order valence-electron chi connectivity index (χ4n) is 1.67. The Hall–Kier alpha value is -3.72. The zero-order valence-electron chi connectivity index (χ0n) is 12.7. The van der Waals surface area contributed by atoms with E-state index in [0.29, 0.717) is 0 Å². The monoisotopic (exact) mass is 384 g/mol. The number of anilines is 4. The molecule has 2 rings (SSSR count). The van der Waals surface area contributed by atoms with Crippen LogP contribution in [0.5, 0.6) is 0 Å². The quantitative estimate of drug-likeness (QED) is 0.125. The molecular formula is C11H12N8O6S. The highest BCUT2D eigenvalue weighted by molar-refractivity contribution is 7.86. The summed E-state index contributed by atoms with van der Waals surface area (Å²) in [5.41, 5.74) is 13.4. The first-order chi connectivity index (χ1) is 12.1. The number of aromatic amines is 1. The van der Waals surface area contributed by atoms with E-state index in [4.69, 9.17) is 16.0 Å². The van der Waals surface area contributed by atoms with Gasteiger partial charge in [0.1, 0.15) is 4.90 Å². The van der Waals surface area contributed by atoms with E-state index in [1.807, 2.05) is 5.43 Å². The molecule has 2 aromatic rings. The van der Waals surface area contributed by atoms with Crippen LogP contribution in [-0.4, -0.2) is 39.7 Å². The van der Waals surface area contributed by atoms with E-state index < -0.39 is 32.5 Å². The molecule has 2 amide bonds. The predicted molar refractivity (Wildman–Crippen MR) is 87.6 cm³/mol. The topological polar surface area (TPSA) is 235 Å². The first-order valence-electron chi connectivity index (χ1n) is 6.54. The summed E-state index contributed by atoms with van der Waals surface area (Å²) in [6.07, 6.45) is 0. The standard InChI is InChI=1S/C11H12N8O6S/c12-5-3-4(1-2-6(5)26(23,24)25)14-9-15-10(17-11(22)16-9)19-18-8(21)7(13)20/h1-3H,12H2,(H2,13,20)(H,18,21)(H,23,24,25)(H3,14,15,16,17,19,22). The number of aromatic nitrogens is 3. The number of H-pyrrole nitrogens is 1. The van der Waals surface area contributed by atoms with Crippen molar-refractivity contribution in [3.05, 3.63) is 28.7 Å². The minimum Gasteiger partial charge on any atom is -0.398 e. The number of nitrogen functional groups attached to an aromatic ring is 1. The Balaban J connectivity index is 2.22. The Bertz CT molecular complexity index is 1030. The molecule has 0 saturated carbocycles. The van der Waals surface area contributed by atoms with Crippen molar-refractivity contribution in [3.8, 4) is 0 Å². The molecule has 138 valence electrons. The molecule has 1 heterocycles. The highest BCUT2D eigenvalue weighted by Crippen LogP contribution is 2.23. The van der Waals surface area contributed by atoms with Gasteiger partial charge in [0.25, 0.3) is 10.1 Å². The van der Waals surface area contributed by atoms with Gasteiger partial charge in [0, 0.05) is 5.69 Å². The third kappa shape index (κ3) is 4.65. The second-order valence-electron chi connectivity index (χ2n) is 4.62. The van der Waals surface area contributed by atoms with Crippen LogP contribution in [-0.2, 0) is 19.7 Å². The van der Waals surface area contributed by atoms with Crippen LogP contribution in [0.2, 0.25) is 0 Å². The van der Waals surface area contributed by atoms with Crippen LogP contribution in [0.4, 0.5) is 23.3 Å². The molecule has 0 aliphatic carbocycles. The van der Waals surface area contributed by atoms with Gasteiger partial charge in [-0.05, 0) is 18.2 Å². The van der Waals surface area contributed by atoms with Crippen LogP contribution in [0.1, 0.15) is 0 Å². The van der Waals surface area contributed by atoms with Crippen molar-refractivity contribution in [2.75, 3.05) is 16.5 Å². The van der Waals surface area contributed by atoms with Crippen molar-refractivity contribution in [2.24, 2.45) is 5.73 Å². The second-order valence-corrected chi connectivity index (χ2v) is 6.01. The molecule has 1 aromatic heterocycles. The van der Waals surface area contributed by atoms with E-state index in [9.17, 15) is 22.8 Å². The van der Waals surface area contributed by atoms with Gasteiger partial charge in [0.15, 0.2) is 0 Å². The highest BCUT2D eigenvalue weighted by atomic mass is 32.2. The van der Waals surface area contributed by atoms with E-state index in [-0.39, 0.29) is 23.3 Å². The maximum atomic E-state index is 11.5. The van der Waals surface area contributed by atoms with Crippen LogP contribution >= 0.6 is 0 Å². The number of amides is 2. The number of benzene rings is 1. The van der Waals surface area contributed by atoms with Crippen molar-refractivity contribution in [1.82, 2.24) is 20.4 Å². The van der Waals surface area contributed by atoms with Crippen LogP contribution in [0, 0.1) is 0 Å². The molecule has 0 fully saturated rings. The number of nitrogens with zero attached hydrogens (tertiary/aromatic N) is 2. The van der Waals surface area contributed by atoms with E-state index in [1.165, 1.54) is 6.07 Å². The first kappa shape index (κ1) is 18.6. The number of carbonyl (C=O) groups is 2. The fraction of sp³-hybridized carbons (Fsp3) is 0. The molecular weight excluding hydrogens is 372 g/mol. The normalized spacial score (nSPS) is 10.8. The van der Waals surface area contributed by atoms with Gasteiger partial charge in [0.2, 0.25) is 11.9 Å². The molecule has 15 heteroatoms. The van der Waals surface area contributed by atoms with Crippen LogP contribution in [0.15, 0.2) is 27.9 Å². The van der Waals surface area contributed by atoms with E-state index in [0.717, 1.165) is 12.1 Å². The average molecular weight is 384 g/mol. The Morgan fingerprint density at radius 3 is 2.50 bits per heavy atom. The summed E-state index contributed by atoms with van der Waals surface area (Å²) in [7, 11) is -4.49. The lowest BCUT2D eigenvalue weighted by atomic mass is 10.3. The number of rotatable bonds is 5. The number of nitrogens with two attached hydrogens (primary N) is 2. The summed E-state index contributed by atoms with van der Waals surface area (Å²) in [6, 6.07) is 3.44. The van der Waals surface area contributed by atoms with Gasteiger partial charge in [-0.1, -0.05) is 0 Å². The fourth-order valence-corrected chi connectivity index (χ4v) is 2.26. The van der Waals surface area contributed by atoms with Crippen molar-refractivity contribution in [2.45, 2.75) is 4.90 Å². The predicted octanol–water partition coefficient (Wildman–Crippen LogP) is -2.33. The molecule has 26 heavy (non-hydrogen) atoms. The van der Waals surface area contributed by atoms with Gasteiger partial charge in [0.05, 0.1) is 5.69 Å². The van der Waals surface area contributed by atoms with Gasteiger partial charge in [-0.3, -0.25) is 30.0 Å². The lowest BCUT2D eigenvalue weighted by Gasteiger charge is -2.09. The maximum absolute atomic E-state index is 11.5. The summed E-state index contributed by atoms with van der Waals surface area (Å²) in [4.78, 5) is 42.1. The van der Waals surface area contributed by atoms with Crippen molar-refractivity contribution >= 4 is 45.2 Å². The summed E-state index contributed by atoms with van der Waals surface area (Å²) in [6.45, 7) is 0. The van der Waals surface area contributed by atoms with E-state index in [2.05, 4.69) is 25.7 Å². The van der Waals surface area contributed by atoms with Gasteiger partial charge in [-0.15, -0.1) is 0 Å². The Morgan fingerprint density at radius 1 is 1.23 bits per heavy atom.